The summed E-state index contributed by atoms with van der Waals surface area (Å²) < 4.78 is 0.968. The van der Waals surface area contributed by atoms with Crippen LogP contribution >= 0.6 is 27.5 Å². The molecule has 0 aliphatic heterocycles. The van der Waals surface area contributed by atoms with Crippen LogP contribution in [0, 0.1) is 0 Å². The monoisotopic (exact) mass is 552 g/mol. The van der Waals surface area contributed by atoms with Crippen LogP contribution in [-0.2, 0) is 29.0 Å². The lowest BCUT2D eigenvalue weighted by Gasteiger charge is -2.32. The molecule has 0 radical (unpaired) electrons. The Morgan fingerprint density at radius 2 is 1.57 bits per heavy atom. The first-order valence-corrected chi connectivity index (χ1v) is 13.3. The van der Waals surface area contributed by atoms with Gasteiger partial charge in [0.15, 0.2) is 0 Å². The minimum absolute atomic E-state index is 0.0922. The molecular formula is C29H30BrClN2O2. The molecule has 0 heterocycles. The fourth-order valence-electron chi connectivity index (χ4n) is 4.61. The van der Waals surface area contributed by atoms with Gasteiger partial charge in [0.05, 0.1) is 6.42 Å². The zero-order valence-corrected chi connectivity index (χ0v) is 22.0. The van der Waals surface area contributed by atoms with Crippen molar-refractivity contribution in [2.45, 2.75) is 57.2 Å². The third-order valence-corrected chi connectivity index (χ3v) is 7.44. The van der Waals surface area contributed by atoms with Crippen molar-refractivity contribution in [2.75, 3.05) is 0 Å². The Balaban J connectivity index is 1.66. The van der Waals surface area contributed by atoms with E-state index in [2.05, 4.69) is 21.2 Å². The van der Waals surface area contributed by atoms with Crippen LogP contribution in [0.25, 0.3) is 0 Å². The maximum Gasteiger partial charge on any atom is 0.243 e. The molecule has 0 aromatic heterocycles. The van der Waals surface area contributed by atoms with Crippen LogP contribution in [0.3, 0.4) is 0 Å². The Hall–Kier alpha value is -2.63. The average Bonchev–Trinajstić information content (AvgIpc) is 3.37. The van der Waals surface area contributed by atoms with Crippen LogP contribution in [0.2, 0.25) is 5.02 Å². The fraction of sp³-hybridized carbons (Fsp3) is 0.310. The molecule has 1 saturated carbocycles. The molecule has 2 amide bonds. The van der Waals surface area contributed by atoms with Gasteiger partial charge in [-0.2, -0.15) is 0 Å². The summed E-state index contributed by atoms with van der Waals surface area (Å²) in [5, 5.41) is 3.79. The van der Waals surface area contributed by atoms with E-state index >= 15 is 0 Å². The average molecular weight is 554 g/mol. The molecule has 3 aromatic rings. The lowest BCUT2D eigenvalue weighted by atomic mass is 10.0. The number of hydrogen-bond acceptors (Lipinski definition) is 2. The molecule has 0 bridgehead atoms. The van der Waals surface area contributed by atoms with Gasteiger partial charge in [0.2, 0.25) is 11.8 Å². The number of amides is 2. The molecule has 1 N–H and O–H groups in total. The largest absolute Gasteiger partial charge is 0.352 e. The predicted molar refractivity (Wildman–Crippen MR) is 144 cm³/mol. The number of carbonyl (C=O) groups is 2. The molecule has 1 fully saturated rings. The molecular weight excluding hydrogens is 524 g/mol. The smallest absolute Gasteiger partial charge is 0.243 e. The Bertz CT molecular complexity index is 1130. The van der Waals surface area contributed by atoms with Gasteiger partial charge in [-0.05, 0) is 47.7 Å². The summed E-state index contributed by atoms with van der Waals surface area (Å²) in [6.45, 7) is 0.339. The Morgan fingerprint density at radius 1 is 0.914 bits per heavy atom. The summed E-state index contributed by atoms with van der Waals surface area (Å²) in [6, 6.07) is 24.7. The third-order valence-electron chi connectivity index (χ3n) is 6.54. The minimum atomic E-state index is -0.628. The SMILES string of the molecule is O=C(NC1CCCC1)C(Cc1ccccc1)N(Cc1ccc(Br)cc1)C(=O)Cc1ccccc1Cl. The topological polar surface area (TPSA) is 49.4 Å². The molecule has 1 atom stereocenters. The molecule has 4 rings (SSSR count). The van der Waals surface area contributed by atoms with Gasteiger partial charge in [-0.25, -0.2) is 0 Å². The number of nitrogens with one attached hydrogen (secondary N) is 1. The zero-order valence-electron chi connectivity index (χ0n) is 19.6. The molecule has 35 heavy (non-hydrogen) atoms. The minimum Gasteiger partial charge on any atom is -0.352 e. The van der Waals surface area contributed by atoms with Crippen LogP contribution in [-0.4, -0.2) is 28.8 Å². The maximum atomic E-state index is 13.8. The maximum absolute atomic E-state index is 13.8. The van der Waals surface area contributed by atoms with Crippen LogP contribution in [0.5, 0.6) is 0 Å². The third kappa shape index (κ3) is 7.18. The van der Waals surface area contributed by atoms with E-state index in [1.807, 2.05) is 72.8 Å². The Morgan fingerprint density at radius 3 is 2.26 bits per heavy atom. The van der Waals surface area contributed by atoms with Gasteiger partial charge in [0, 0.05) is 28.5 Å². The number of rotatable bonds is 9. The number of hydrogen-bond donors (Lipinski definition) is 1. The van der Waals surface area contributed by atoms with E-state index in [-0.39, 0.29) is 24.3 Å². The molecule has 1 aliphatic rings. The summed E-state index contributed by atoms with van der Waals surface area (Å²) in [6.07, 6.45) is 4.82. The van der Waals surface area contributed by atoms with Crippen LogP contribution < -0.4 is 5.32 Å². The van der Waals surface area contributed by atoms with E-state index in [0.29, 0.717) is 18.0 Å². The second-order valence-electron chi connectivity index (χ2n) is 9.11. The summed E-state index contributed by atoms with van der Waals surface area (Å²) in [5.41, 5.74) is 2.74. The highest BCUT2D eigenvalue weighted by Crippen LogP contribution is 2.22. The van der Waals surface area contributed by atoms with Crippen molar-refractivity contribution >= 4 is 39.3 Å². The van der Waals surface area contributed by atoms with Gasteiger partial charge in [-0.3, -0.25) is 9.59 Å². The van der Waals surface area contributed by atoms with Crippen molar-refractivity contribution in [2.24, 2.45) is 0 Å². The van der Waals surface area contributed by atoms with E-state index in [0.717, 1.165) is 46.8 Å². The van der Waals surface area contributed by atoms with E-state index in [9.17, 15) is 9.59 Å². The highest BCUT2D eigenvalue weighted by molar-refractivity contribution is 9.10. The summed E-state index contributed by atoms with van der Waals surface area (Å²) in [5.74, 6) is -0.214. The van der Waals surface area contributed by atoms with Gasteiger partial charge >= 0.3 is 0 Å². The summed E-state index contributed by atoms with van der Waals surface area (Å²) in [4.78, 5) is 29.2. The van der Waals surface area contributed by atoms with Gasteiger partial charge in [-0.15, -0.1) is 0 Å². The van der Waals surface area contributed by atoms with E-state index in [4.69, 9.17) is 11.6 Å². The fourth-order valence-corrected chi connectivity index (χ4v) is 5.08. The number of benzene rings is 3. The second-order valence-corrected chi connectivity index (χ2v) is 10.4. The van der Waals surface area contributed by atoms with Crippen molar-refractivity contribution in [1.82, 2.24) is 10.2 Å². The van der Waals surface area contributed by atoms with Crippen molar-refractivity contribution in [1.29, 1.82) is 0 Å². The van der Waals surface area contributed by atoms with Crippen LogP contribution in [0.15, 0.2) is 83.3 Å². The normalized spacial score (nSPS) is 14.5. The first-order valence-electron chi connectivity index (χ1n) is 12.1. The Kier molecular flexibility index (Phi) is 9.00. The summed E-state index contributed by atoms with van der Waals surface area (Å²) in [7, 11) is 0. The van der Waals surface area contributed by atoms with E-state index in [1.165, 1.54) is 0 Å². The predicted octanol–water partition coefficient (Wildman–Crippen LogP) is 6.34. The van der Waals surface area contributed by atoms with Gasteiger partial charge in [0.1, 0.15) is 6.04 Å². The number of halogens is 2. The molecule has 1 unspecified atom stereocenters. The lowest BCUT2D eigenvalue weighted by Crippen LogP contribution is -2.52. The number of carbonyl (C=O) groups excluding carboxylic acids is 2. The van der Waals surface area contributed by atoms with E-state index in [1.54, 1.807) is 11.0 Å². The van der Waals surface area contributed by atoms with Crippen LogP contribution in [0.1, 0.15) is 42.4 Å². The van der Waals surface area contributed by atoms with Crippen molar-refractivity contribution in [3.8, 4) is 0 Å². The highest BCUT2D eigenvalue weighted by atomic mass is 79.9. The second kappa shape index (κ2) is 12.4. The molecule has 3 aromatic carbocycles. The first-order chi connectivity index (χ1) is 17.0. The summed E-state index contributed by atoms with van der Waals surface area (Å²) >= 11 is 9.86. The molecule has 182 valence electrons. The van der Waals surface area contributed by atoms with Crippen molar-refractivity contribution in [3.63, 3.8) is 0 Å². The van der Waals surface area contributed by atoms with Crippen molar-refractivity contribution < 1.29 is 9.59 Å². The van der Waals surface area contributed by atoms with Gasteiger partial charge in [-0.1, -0.05) is 101 Å². The number of nitrogens with zero attached hydrogens (tertiary/aromatic N) is 1. The molecule has 6 heteroatoms. The van der Waals surface area contributed by atoms with Crippen molar-refractivity contribution in [3.05, 3.63) is 105 Å². The van der Waals surface area contributed by atoms with Gasteiger partial charge in [0.25, 0.3) is 0 Å². The quantitative estimate of drug-likeness (QED) is 0.336. The standard InChI is InChI=1S/C29H30BrClN2O2/c30-24-16-14-22(15-17-24)20-33(28(34)19-23-10-4-7-13-26(23)31)27(18-21-8-2-1-3-9-21)29(35)32-25-11-5-6-12-25/h1-4,7-10,13-17,25,27H,5-6,11-12,18-20H2,(H,32,35). The molecule has 0 spiro atoms. The lowest BCUT2D eigenvalue weighted by molar-refractivity contribution is -0.141. The van der Waals surface area contributed by atoms with Crippen LogP contribution in [0.4, 0.5) is 0 Å². The first kappa shape index (κ1) is 25.5. The Labute approximate surface area is 220 Å². The molecule has 4 nitrogen and oxygen atoms in total. The zero-order chi connectivity index (χ0) is 24.6. The highest BCUT2D eigenvalue weighted by Gasteiger charge is 2.32. The molecule has 1 aliphatic carbocycles. The van der Waals surface area contributed by atoms with Gasteiger partial charge < -0.3 is 10.2 Å². The molecule has 0 saturated heterocycles. The van der Waals surface area contributed by atoms with E-state index < -0.39 is 6.04 Å².